The summed E-state index contributed by atoms with van der Waals surface area (Å²) in [5.74, 6) is -0.657. The van der Waals surface area contributed by atoms with Crippen LogP contribution in [0.15, 0.2) is 11.8 Å². The Balaban J connectivity index is 3.07. The van der Waals surface area contributed by atoms with Crippen molar-refractivity contribution in [3.63, 3.8) is 0 Å². The lowest BCUT2D eigenvalue weighted by molar-refractivity contribution is -0.137. The van der Waals surface area contributed by atoms with Crippen molar-refractivity contribution < 1.29 is 9.90 Å². The summed E-state index contributed by atoms with van der Waals surface area (Å²) in [6.07, 6.45) is 25.4. The van der Waals surface area contributed by atoms with Gasteiger partial charge in [0.2, 0.25) is 0 Å². The number of rotatable bonds is 20. The van der Waals surface area contributed by atoms with Crippen LogP contribution >= 0.6 is 0 Å². The van der Waals surface area contributed by atoms with Crippen LogP contribution in [0, 0.1) is 0 Å². The molecule has 0 atom stereocenters. The van der Waals surface area contributed by atoms with Gasteiger partial charge in [0.1, 0.15) is 0 Å². The Bertz CT molecular complexity index is 339. The molecule has 0 aromatic carbocycles. The highest BCUT2D eigenvalue weighted by atomic mass is 16.4. The third-order valence-electron chi connectivity index (χ3n) is 5.07. The number of carbonyl (C=O) groups is 1. The average molecular weight is 368 g/mol. The second kappa shape index (κ2) is 20.3. The SMILES string of the molecule is CC/C=C(/N)CCCCCCCCCCCCCCCCCCC(=O)O. The number of aliphatic carboxylic acids is 1. The fourth-order valence-electron chi connectivity index (χ4n) is 3.44. The summed E-state index contributed by atoms with van der Waals surface area (Å²) >= 11 is 0. The minimum atomic E-state index is -0.657. The van der Waals surface area contributed by atoms with Crippen LogP contribution in [0.2, 0.25) is 0 Å². The number of carboxylic acid groups (broad SMARTS) is 1. The molecule has 0 aliphatic heterocycles. The third kappa shape index (κ3) is 21.1. The van der Waals surface area contributed by atoms with Crippen LogP contribution in [-0.2, 0) is 4.79 Å². The predicted octanol–water partition coefficient (Wildman–Crippen LogP) is 7.35. The molecule has 0 unspecified atom stereocenters. The fraction of sp³-hybridized carbons (Fsp3) is 0.870. The number of carboxylic acids is 1. The Morgan fingerprint density at radius 2 is 0.962 bits per heavy atom. The van der Waals surface area contributed by atoms with E-state index in [1.807, 2.05) is 0 Å². The Morgan fingerprint density at radius 3 is 1.27 bits per heavy atom. The molecule has 0 radical (unpaired) electrons. The maximum absolute atomic E-state index is 10.4. The molecule has 154 valence electrons. The highest BCUT2D eigenvalue weighted by Crippen LogP contribution is 2.14. The Morgan fingerprint density at radius 1 is 0.654 bits per heavy atom. The molecule has 0 amide bonds. The van der Waals surface area contributed by atoms with E-state index in [4.69, 9.17) is 10.8 Å². The first-order valence-electron chi connectivity index (χ1n) is 11.3. The lowest BCUT2D eigenvalue weighted by atomic mass is 10.0. The van der Waals surface area contributed by atoms with Gasteiger partial charge in [0, 0.05) is 12.1 Å². The van der Waals surface area contributed by atoms with Crippen LogP contribution in [0.25, 0.3) is 0 Å². The molecular weight excluding hydrogens is 322 g/mol. The molecule has 3 nitrogen and oxygen atoms in total. The van der Waals surface area contributed by atoms with Gasteiger partial charge in [0.05, 0.1) is 0 Å². The molecule has 0 aromatic heterocycles. The van der Waals surface area contributed by atoms with E-state index >= 15 is 0 Å². The molecule has 0 saturated carbocycles. The topological polar surface area (TPSA) is 63.3 Å². The molecule has 0 spiro atoms. The van der Waals surface area contributed by atoms with Gasteiger partial charge in [-0.2, -0.15) is 0 Å². The van der Waals surface area contributed by atoms with Crippen LogP contribution in [0.5, 0.6) is 0 Å². The largest absolute Gasteiger partial charge is 0.481 e. The smallest absolute Gasteiger partial charge is 0.303 e. The van der Waals surface area contributed by atoms with Gasteiger partial charge in [-0.15, -0.1) is 0 Å². The number of hydrogen-bond acceptors (Lipinski definition) is 2. The second-order valence-corrected chi connectivity index (χ2v) is 7.74. The van der Waals surface area contributed by atoms with Crippen LogP contribution in [0.4, 0.5) is 0 Å². The van der Waals surface area contributed by atoms with Crippen molar-refractivity contribution in [2.24, 2.45) is 5.73 Å². The van der Waals surface area contributed by atoms with Gasteiger partial charge < -0.3 is 10.8 Å². The Labute approximate surface area is 162 Å². The highest BCUT2D eigenvalue weighted by Gasteiger charge is 1.97. The van der Waals surface area contributed by atoms with Crippen LogP contribution in [0.3, 0.4) is 0 Å². The standard InChI is InChI=1S/C23H45NO2/c1-2-19-22(24)20-17-15-13-11-9-7-5-3-4-6-8-10-12-14-16-18-21-23(25)26/h19H,2-18,20-21,24H2,1H3,(H,25,26)/b22-19+. The lowest BCUT2D eigenvalue weighted by Crippen LogP contribution is -1.96. The maximum atomic E-state index is 10.4. The van der Waals surface area contributed by atoms with Crippen LogP contribution in [-0.4, -0.2) is 11.1 Å². The first-order chi connectivity index (χ1) is 12.7. The minimum absolute atomic E-state index is 0.338. The quantitative estimate of drug-likeness (QED) is 0.221. The predicted molar refractivity (Wildman–Crippen MR) is 113 cm³/mol. The van der Waals surface area contributed by atoms with Crippen molar-refractivity contribution in [2.45, 2.75) is 129 Å². The molecule has 26 heavy (non-hydrogen) atoms. The second-order valence-electron chi connectivity index (χ2n) is 7.74. The summed E-state index contributed by atoms with van der Waals surface area (Å²) in [5, 5.41) is 8.57. The van der Waals surface area contributed by atoms with Crippen molar-refractivity contribution in [1.29, 1.82) is 0 Å². The summed E-state index contributed by atoms with van der Waals surface area (Å²) in [6.45, 7) is 2.14. The number of nitrogens with two attached hydrogens (primary N) is 1. The lowest BCUT2D eigenvalue weighted by Gasteiger charge is -2.04. The van der Waals surface area contributed by atoms with E-state index in [1.54, 1.807) is 0 Å². The molecule has 0 fully saturated rings. The molecule has 0 aliphatic rings. The third-order valence-corrected chi connectivity index (χ3v) is 5.07. The van der Waals surface area contributed by atoms with Gasteiger partial charge >= 0.3 is 5.97 Å². The van der Waals surface area contributed by atoms with Crippen molar-refractivity contribution in [3.8, 4) is 0 Å². The zero-order chi connectivity index (χ0) is 19.3. The molecule has 0 bridgehead atoms. The van der Waals surface area contributed by atoms with E-state index in [9.17, 15) is 4.79 Å². The van der Waals surface area contributed by atoms with Crippen molar-refractivity contribution in [2.75, 3.05) is 0 Å². The van der Waals surface area contributed by atoms with Crippen molar-refractivity contribution in [1.82, 2.24) is 0 Å². The molecule has 0 saturated heterocycles. The van der Waals surface area contributed by atoms with E-state index < -0.39 is 5.97 Å². The van der Waals surface area contributed by atoms with Crippen molar-refractivity contribution in [3.05, 3.63) is 11.8 Å². The molecule has 3 heteroatoms. The van der Waals surface area contributed by atoms with E-state index in [0.29, 0.717) is 6.42 Å². The van der Waals surface area contributed by atoms with E-state index in [2.05, 4.69) is 13.0 Å². The zero-order valence-corrected chi connectivity index (χ0v) is 17.4. The molecule has 3 N–H and O–H groups in total. The Kier molecular flexibility index (Phi) is 19.5. The fourth-order valence-corrected chi connectivity index (χ4v) is 3.44. The highest BCUT2D eigenvalue weighted by molar-refractivity contribution is 5.66. The van der Waals surface area contributed by atoms with Crippen LogP contribution < -0.4 is 5.73 Å². The minimum Gasteiger partial charge on any atom is -0.481 e. The Hall–Kier alpha value is -0.990. The van der Waals surface area contributed by atoms with Gasteiger partial charge in [0.15, 0.2) is 0 Å². The summed E-state index contributed by atoms with van der Waals surface area (Å²) < 4.78 is 0. The summed E-state index contributed by atoms with van der Waals surface area (Å²) in [5.41, 5.74) is 6.98. The molecule has 0 rings (SSSR count). The molecular formula is C23H45NO2. The summed E-state index contributed by atoms with van der Waals surface area (Å²) in [7, 11) is 0. The van der Waals surface area contributed by atoms with Crippen LogP contribution in [0.1, 0.15) is 129 Å². The first kappa shape index (κ1) is 25.0. The molecule has 0 aliphatic carbocycles. The normalized spacial score (nSPS) is 11.8. The van der Waals surface area contributed by atoms with Gasteiger partial charge in [-0.3, -0.25) is 4.79 Å². The number of hydrogen-bond donors (Lipinski definition) is 2. The maximum Gasteiger partial charge on any atom is 0.303 e. The number of allylic oxidation sites excluding steroid dienone is 2. The number of unbranched alkanes of at least 4 members (excludes halogenated alkanes) is 15. The summed E-state index contributed by atoms with van der Waals surface area (Å²) in [6, 6.07) is 0. The van der Waals surface area contributed by atoms with E-state index in [-0.39, 0.29) is 0 Å². The molecule has 0 aromatic rings. The van der Waals surface area contributed by atoms with Gasteiger partial charge in [-0.25, -0.2) is 0 Å². The average Bonchev–Trinajstić information content (AvgIpc) is 2.60. The van der Waals surface area contributed by atoms with Gasteiger partial charge in [-0.05, 0) is 25.7 Å². The van der Waals surface area contributed by atoms with Gasteiger partial charge in [0.25, 0.3) is 0 Å². The van der Waals surface area contributed by atoms with E-state index in [0.717, 1.165) is 31.4 Å². The van der Waals surface area contributed by atoms with E-state index in [1.165, 1.54) is 89.9 Å². The first-order valence-corrected chi connectivity index (χ1v) is 11.3. The monoisotopic (exact) mass is 367 g/mol. The van der Waals surface area contributed by atoms with Crippen molar-refractivity contribution >= 4 is 5.97 Å². The molecule has 0 heterocycles. The summed E-state index contributed by atoms with van der Waals surface area (Å²) in [4.78, 5) is 10.4. The zero-order valence-electron chi connectivity index (χ0n) is 17.4. The van der Waals surface area contributed by atoms with Gasteiger partial charge in [-0.1, -0.05) is 103 Å².